The lowest BCUT2D eigenvalue weighted by atomic mass is 10.0. The van der Waals surface area contributed by atoms with E-state index in [1.54, 1.807) is 12.1 Å². The number of rotatable bonds is 8. The minimum absolute atomic E-state index is 0.153. The van der Waals surface area contributed by atoms with E-state index < -0.39 is 11.9 Å². The fraction of sp³-hybridized carbons (Fsp3) is 0.304. The number of aromatic amines is 1. The Morgan fingerprint density at radius 1 is 1.09 bits per heavy atom. The summed E-state index contributed by atoms with van der Waals surface area (Å²) in [6, 6.07) is 9.27. The molecule has 1 N–H and O–H groups in total. The molecule has 34 heavy (non-hydrogen) atoms. The second kappa shape index (κ2) is 9.94. The highest BCUT2D eigenvalue weighted by Crippen LogP contribution is 2.29. The first-order chi connectivity index (χ1) is 16.3. The first-order valence-corrected chi connectivity index (χ1v) is 10.5. The molecule has 11 heteroatoms. The molecule has 0 amide bonds. The first-order valence-electron chi connectivity index (χ1n) is 10.5. The van der Waals surface area contributed by atoms with E-state index in [0.717, 1.165) is 24.4 Å². The van der Waals surface area contributed by atoms with Crippen LogP contribution in [0.25, 0.3) is 0 Å². The Balaban J connectivity index is 1.25. The average Bonchev–Trinajstić information content (AvgIpc) is 3.21. The van der Waals surface area contributed by atoms with E-state index >= 15 is 0 Å². The Morgan fingerprint density at radius 3 is 2.47 bits per heavy atom. The zero-order chi connectivity index (χ0) is 24.1. The van der Waals surface area contributed by atoms with Gasteiger partial charge in [-0.25, -0.2) is 9.97 Å². The van der Waals surface area contributed by atoms with Crippen LogP contribution in [0.2, 0.25) is 0 Å². The summed E-state index contributed by atoms with van der Waals surface area (Å²) in [7, 11) is 1.88. The van der Waals surface area contributed by atoms with Crippen molar-refractivity contribution >= 4 is 6.21 Å². The number of aromatic nitrogens is 3. The van der Waals surface area contributed by atoms with Crippen molar-refractivity contribution in [2.45, 2.75) is 19.0 Å². The summed E-state index contributed by atoms with van der Waals surface area (Å²) in [6.07, 6.45) is 1.02. The molecular formula is C23H22F3N5O3. The fourth-order valence-corrected chi connectivity index (χ4v) is 3.40. The van der Waals surface area contributed by atoms with Crippen molar-refractivity contribution in [1.82, 2.24) is 20.0 Å². The summed E-state index contributed by atoms with van der Waals surface area (Å²) in [6.45, 7) is 1.06. The van der Waals surface area contributed by atoms with Crippen LogP contribution in [-0.4, -0.2) is 46.4 Å². The molecule has 0 bridgehead atoms. The number of benzene rings is 1. The summed E-state index contributed by atoms with van der Waals surface area (Å²) in [5, 5.41) is 6.00. The third kappa shape index (κ3) is 6.12. The van der Waals surface area contributed by atoms with Gasteiger partial charge in [0.05, 0.1) is 12.8 Å². The lowest BCUT2D eigenvalue weighted by Crippen LogP contribution is -2.21. The molecule has 1 unspecified atom stereocenters. The normalized spacial score (nSPS) is 15.5. The minimum atomic E-state index is -4.49. The Morgan fingerprint density at radius 2 is 1.85 bits per heavy atom. The van der Waals surface area contributed by atoms with Gasteiger partial charge in [0, 0.05) is 43.9 Å². The van der Waals surface area contributed by atoms with E-state index in [4.69, 9.17) is 9.47 Å². The number of ether oxygens (including phenoxy) is 2. The highest BCUT2D eigenvalue weighted by atomic mass is 19.4. The molecule has 1 aromatic carbocycles. The van der Waals surface area contributed by atoms with Gasteiger partial charge in [0.1, 0.15) is 17.2 Å². The standard InChI is InChI=1S/C23H22F3N5O3/c1-31-14-16(11-29-31)10-17-12-28-22(30-21(17)32)33-9-8-15-2-4-18(5-3-15)34-19-6-7-20(27-13-19)23(24,25)26/h2-7,11-13,16H,8-10,14H2,1H3,(H,28,30,32). The number of hydrogen-bond donors (Lipinski definition) is 1. The maximum Gasteiger partial charge on any atom is 0.433 e. The molecule has 0 radical (unpaired) electrons. The summed E-state index contributed by atoms with van der Waals surface area (Å²) < 4.78 is 48.8. The van der Waals surface area contributed by atoms with Crippen LogP contribution in [0.4, 0.5) is 13.2 Å². The molecule has 1 aliphatic heterocycles. The predicted octanol–water partition coefficient (Wildman–Crippen LogP) is 3.69. The zero-order valence-electron chi connectivity index (χ0n) is 18.2. The van der Waals surface area contributed by atoms with E-state index in [2.05, 4.69) is 20.1 Å². The van der Waals surface area contributed by atoms with Crippen LogP contribution in [0.15, 0.2) is 58.7 Å². The summed E-state index contributed by atoms with van der Waals surface area (Å²) in [4.78, 5) is 22.5. The number of halogens is 3. The molecule has 8 nitrogen and oxygen atoms in total. The summed E-state index contributed by atoms with van der Waals surface area (Å²) in [5.74, 6) is 0.850. The molecule has 0 saturated carbocycles. The maximum absolute atomic E-state index is 12.6. The fourth-order valence-electron chi connectivity index (χ4n) is 3.40. The van der Waals surface area contributed by atoms with E-state index in [-0.39, 0.29) is 23.2 Å². The third-order valence-corrected chi connectivity index (χ3v) is 5.12. The molecule has 3 heterocycles. The molecule has 2 aromatic heterocycles. The van der Waals surface area contributed by atoms with Crippen LogP contribution in [-0.2, 0) is 19.0 Å². The summed E-state index contributed by atoms with van der Waals surface area (Å²) >= 11 is 0. The quantitative estimate of drug-likeness (QED) is 0.537. The first kappa shape index (κ1) is 23.3. The van der Waals surface area contributed by atoms with Crippen LogP contribution in [0.3, 0.4) is 0 Å². The topological polar surface area (TPSA) is 92.7 Å². The van der Waals surface area contributed by atoms with Crippen molar-refractivity contribution in [3.8, 4) is 17.5 Å². The molecule has 0 fully saturated rings. The molecule has 178 valence electrons. The van der Waals surface area contributed by atoms with E-state index in [1.165, 1.54) is 12.3 Å². The van der Waals surface area contributed by atoms with Gasteiger partial charge < -0.3 is 9.47 Å². The molecule has 1 atom stereocenters. The number of hydrogen-bond acceptors (Lipinski definition) is 7. The van der Waals surface area contributed by atoms with Crippen LogP contribution in [0, 0.1) is 5.92 Å². The molecule has 0 saturated heterocycles. The van der Waals surface area contributed by atoms with Gasteiger partial charge in [-0.2, -0.15) is 18.3 Å². The average molecular weight is 473 g/mol. The monoisotopic (exact) mass is 473 g/mol. The lowest BCUT2D eigenvalue weighted by Gasteiger charge is -2.10. The number of pyridine rings is 1. The molecular weight excluding hydrogens is 451 g/mol. The molecule has 0 spiro atoms. The van der Waals surface area contributed by atoms with Crippen LogP contribution in [0.5, 0.6) is 17.5 Å². The van der Waals surface area contributed by atoms with Gasteiger partial charge in [0.15, 0.2) is 0 Å². The number of nitrogens with zero attached hydrogens (tertiary/aromatic N) is 4. The highest BCUT2D eigenvalue weighted by molar-refractivity contribution is 5.63. The molecule has 1 aliphatic rings. The van der Waals surface area contributed by atoms with E-state index in [0.29, 0.717) is 30.8 Å². The van der Waals surface area contributed by atoms with Crippen LogP contribution < -0.4 is 15.0 Å². The molecule has 4 rings (SSSR count). The second-order valence-electron chi connectivity index (χ2n) is 7.83. The second-order valence-corrected chi connectivity index (χ2v) is 7.83. The number of H-pyrrole nitrogens is 1. The lowest BCUT2D eigenvalue weighted by molar-refractivity contribution is -0.141. The van der Waals surface area contributed by atoms with Gasteiger partial charge in [0.2, 0.25) is 0 Å². The number of alkyl halides is 3. The largest absolute Gasteiger partial charge is 0.464 e. The van der Waals surface area contributed by atoms with Crippen molar-refractivity contribution in [3.63, 3.8) is 0 Å². The van der Waals surface area contributed by atoms with Crippen LogP contribution in [0.1, 0.15) is 16.8 Å². The third-order valence-electron chi connectivity index (χ3n) is 5.12. The number of hydrazone groups is 1. The van der Waals surface area contributed by atoms with Crippen molar-refractivity contribution in [2.24, 2.45) is 11.0 Å². The smallest absolute Gasteiger partial charge is 0.433 e. The highest BCUT2D eigenvalue weighted by Gasteiger charge is 2.32. The van der Waals surface area contributed by atoms with Crippen molar-refractivity contribution in [3.05, 3.63) is 76.0 Å². The van der Waals surface area contributed by atoms with Crippen molar-refractivity contribution < 1.29 is 22.6 Å². The van der Waals surface area contributed by atoms with Gasteiger partial charge >= 0.3 is 6.18 Å². The van der Waals surface area contributed by atoms with E-state index in [1.807, 2.05) is 30.4 Å². The number of nitrogens with one attached hydrogen (secondary N) is 1. The van der Waals surface area contributed by atoms with Gasteiger partial charge in [0.25, 0.3) is 11.6 Å². The van der Waals surface area contributed by atoms with Gasteiger partial charge in [-0.3, -0.25) is 14.8 Å². The Labute approximate surface area is 193 Å². The van der Waals surface area contributed by atoms with Gasteiger partial charge in [-0.1, -0.05) is 12.1 Å². The SMILES string of the molecule is CN1CC(Cc2cnc(OCCc3ccc(Oc4ccc(C(F)(F)F)nc4)cc3)[nH]c2=O)C=N1. The van der Waals surface area contributed by atoms with Gasteiger partial charge in [-0.15, -0.1) is 0 Å². The van der Waals surface area contributed by atoms with Crippen molar-refractivity contribution in [1.29, 1.82) is 0 Å². The maximum atomic E-state index is 12.6. The molecule has 3 aromatic rings. The zero-order valence-corrected chi connectivity index (χ0v) is 18.2. The Bertz CT molecular complexity index is 1190. The molecule has 0 aliphatic carbocycles. The van der Waals surface area contributed by atoms with E-state index in [9.17, 15) is 18.0 Å². The van der Waals surface area contributed by atoms with Crippen LogP contribution >= 0.6 is 0 Å². The Kier molecular flexibility index (Phi) is 6.80. The Hall–Kier alpha value is -3.89. The predicted molar refractivity (Wildman–Crippen MR) is 118 cm³/mol. The van der Waals surface area contributed by atoms with Crippen molar-refractivity contribution in [2.75, 3.05) is 20.2 Å². The summed E-state index contributed by atoms with van der Waals surface area (Å²) in [5.41, 5.74) is 0.323. The minimum Gasteiger partial charge on any atom is -0.464 e. The van der Waals surface area contributed by atoms with Gasteiger partial charge in [-0.05, 0) is 36.2 Å².